The van der Waals surface area contributed by atoms with E-state index in [4.69, 9.17) is 0 Å². The lowest BCUT2D eigenvalue weighted by Crippen LogP contribution is -2.28. The highest BCUT2D eigenvalue weighted by Gasteiger charge is 2.41. The summed E-state index contributed by atoms with van der Waals surface area (Å²) in [6.45, 7) is 16.6. The first-order valence-electron chi connectivity index (χ1n) is 6.39. The van der Waals surface area contributed by atoms with Gasteiger partial charge in [0.1, 0.15) is 7.28 Å². The van der Waals surface area contributed by atoms with E-state index >= 15 is 0 Å². The van der Waals surface area contributed by atoms with Crippen molar-refractivity contribution in [1.29, 1.82) is 0 Å². The third kappa shape index (κ3) is 4.61. The second-order valence-electron chi connectivity index (χ2n) is 7.94. The summed E-state index contributed by atoms with van der Waals surface area (Å²) >= 11 is 0. The summed E-state index contributed by atoms with van der Waals surface area (Å²) in [4.78, 5) is 0. The summed E-state index contributed by atoms with van der Waals surface area (Å²) in [6, 6.07) is 0. The van der Waals surface area contributed by atoms with Crippen molar-refractivity contribution in [2.24, 2.45) is 11.3 Å². The van der Waals surface area contributed by atoms with Crippen LogP contribution in [0.5, 0.6) is 0 Å². The Morgan fingerprint density at radius 1 is 0.933 bits per heavy atom. The summed E-state index contributed by atoms with van der Waals surface area (Å²) in [5, 5.41) is 0.702. The minimum absolute atomic E-state index is 0.336. The highest BCUT2D eigenvalue weighted by molar-refractivity contribution is 6.43. The smallest absolute Gasteiger partial charge is 0.0674 e. The first-order valence-corrected chi connectivity index (χ1v) is 6.39. The van der Waals surface area contributed by atoms with Gasteiger partial charge in [0.05, 0.1) is 0 Å². The second kappa shape index (κ2) is 3.82. The lowest BCUT2D eigenvalue weighted by molar-refractivity contribution is 0.249. The minimum atomic E-state index is 0.336. The molecule has 0 aromatic carbocycles. The molecule has 0 atom stereocenters. The first-order chi connectivity index (χ1) is 6.52. The molecular weight excluding hydrogens is 179 g/mol. The molecule has 1 heteroatoms. The molecule has 0 aliphatic heterocycles. The maximum atomic E-state index is 2.53. The van der Waals surface area contributed by atoms with Gasteiger partial charge < -0.3 is 0 Å². The average Bonchev–Trinajstić information content (AvgIpc) is 2.53. The molecule has 87 valence electrons. The molecule has 0 amide bonds. The molecule has 1 saturated carbocycles. The van der Waals surface area contributed by atoms with Crippen LogP contribution in [0.1, 0.15) is 67.7 Å². The minimum Gasteiger partial charge on any atom is -0.0674 e. The fourth-order valence-electron chi connectivity index (χ4n) is 3.41. The van der Waals surface area contributed by atoms with Crippen molar-refractivity contribution in [1.82, 2.24) is 0 Å². The number of hydrogen-bond donors (Lipinski definition) is 0. The Bertz CT molecular complexity index is 216. The van der Waals surface area contributed by atoms with Crippen molar-refractivity contribution >= 4 is 7.28 Å². The van der Waals surface area contributed by atoms with E-state index in [0.29, 0.717) is 16.0 Å². The molecule has 0 saturated heterocycles. The van der Waals surface area contributed by atoms with Crippen molar-refractivity contribution in [2.45, 2.75) is 78.4 Å². The van der Waals surface area contributed by atoms with Crippen molar-refractivity contribution in [3.8, 4) is 0 Å². The molecule has 0 aromatic heterocycles. The van der Waals surface area contributed by atoms with E-state index < -0.39 is 0 Å². The van der Waals surface area contributed by atoms with Crippen LogP contribution in [0.2, 0.25) is 10.6 Å². The summed E-state index contributed by atoms with van der Waals surface area (Å²) in [7, 11) is 2.53. The summed E-state index contributed by atoms with van der Waals surface area (Å²) < 4.78 is 0. The highest BCUT2D eigenvalue weighted by Crippen LogP contribution is 2.53. The fourth-order valence-corrected chi connectivity index (χ4v) is 3.41. The van der Waals surface area contributed by atoms with Crippen molar-refractivity contribution < 1.29 is 0 Å². The van der Waals surface area contributed by atoms with Gasteiger partial charge in [0, 0.05) is 0 Å². The molecule has 1 rings (SSSR count). The molecule has 1 aliphatic carbocycles. The highest BCUT2D eigenvalue weighted by atomic mass is 14.4. The Labute approximate surface area is 97.5 Å². The van der Waals surface area contributed by atoms with Crippen molar-refractivity contribution in [2.75, 3.05) is 0 Å². The Kier molecular flexibility index (Phi) is 3.35. The van der Waals surface area contributed by atoms with Gasteiger partial charge in [-0.2, -0.15) is 0 Å². The molecule has 0 spiro atoms. The zero-order valence-corrected chi connectivity index (χ0v) is 11.8. The van der Waals surface area contributed by atoms with Crippen molar-refractivity contribution in [3.05, 3.63) is 0 Å². The predicted molar refractivity (Wildman–Crippen MR) is 70.6 cm³/mol. The van der Waals surface area contributed by atoms with Gasteiger partial charge in [-0.25, -0.2) is 0 Å². The van der Waals surface area contributed by atoms with Crippen LogP contribution in [0.25, 0.3) is 0 Å². The SMILES string of the molecule is CC(C)(C)[B]C(C)(C)CC(C)(C)C1CC1. The van der Waals surface area contributed by atoms with Gasteiger partial charge in [-0.05, 0) is 30.6 Å². The molecule has 15 heavy (non-hydrogen) atoms. The molecule has 0 heterocycles. The van der Waals surface area contributed by atoms with Crippen LogP contribution in [0.3, 0.4) is 0 Å². The average molecular weight is 207 g/mol. The molecule has 0 aromatic rings. The Hall–Kier alpha value is 0.0649. The van der Waals surface area contributed by atoms with Gasteiger partial charge in [0.2, 0.25) is 0 Å². The Morgan fingerprint density at radius 3 is 1.73 bits per heavy atom. The van der Waals surface area contributed by atoms with E-state index in [1.54, 1.807) is 0 Å². The molecule has 0 unspecified atom stereocenters. The number of hydrogen-bond acceptors (Lipinski definition) is 0. The maximum Gasteiger partial charge on any atom is 0.124 e. The summed E-state index contributed by atoms with van der Waals surface area (Å²) in [6.07, 6.45) is 4.24. The van der Waals surface area contributed by atoms with Gasteiger partial charge in [0.25, 0.3) is 0 Å². The zero-order chi connectivity index (χ0) is 11.9. The standard InChI is InChI=1S/C14H28B/c1-12(2,3)15-14(6,7)10-13(4,5)11-8-9-11/h11H,8-10H2,1-7H3. The van der Waals surface area contributed by atoms with Gasteiger partial charge in [0.15, 0.2) is 0 Å². The third-order valence-electron chi connectivity index (χ3n) is 3.42. The maximum absolute atomic E-state index is 2.53. The largest absolute Gasteiger partial charge is 0.124 e. The van der Waals surface area contributed by atoms with Gasteiger partial charge in [-0.15, -0.1) is 0 Å². The van der Waals surface area contributed by atoms with Crippen LogP contribution in [-0.4, -0.2) is 7.28 Å². The summed E-state index contributed by atoms with van der Waals surface area (Å²) in [5.41, 5.74) is 0.533. The lowest BCUT2D eigenvalue weighted by atomic mass is 9.39. The van der Waals surface area contributed by atoms with E-state index in [1.807, 2.05) is 0 Å². The van der Waals surface area contributed by atoms with E-state index in [2.05, 4.69) is 55.7 Å². The Balaban J connectivity index is 2.54. The first kappa shape index (κ1) is 13.1. The molecule has 0 N–H and O–H groups in total. The van der Waals surface area contributed by atoms with Crippen LogP contribution < -0.4 is 0 Å². The van der Waals surface area contributed by atoms with Gasteiger partial charge in [-0.1, -0.05) is 59.1 Å². The second-order valence-corrected chi connectivity index (χ2v) is 7.94. The fraction of sp³-hybridized carbons (Fsp3) is 1.00. The van der Waals surface area contributed by atoms with Gasteiger partial charge in [-0.3, -0.25) is 0 Å². The quantitative estimate of drug-likeness (QED) is 0.573. The molecule has 1 radical (unpaired) electrons. The normalized spacial score (nSPS) is 19.1. The summed E-state index contributed by atoms with van der Waals surface area (Å²) in [5.74, 6) is 0.991. The third-order valence-corrected chi connectivity index (χ3v) is 3.42. The lowest BCUT2D eigenvalue weighted by Gasteiger charge is -2.38. The molecular formula is C14H28B. The Morgan fingerprint density at radius 2 is 1.40 bits per heavy atom. The van der Waals surface area contributed by atoms with E-state index in [1.165, 1.54) is 19.3 Å². The van der Waals surface area contributed by atoms with Crippen LogP contribution in [0.4, 0.5) is 0 Å². The van der Waals surface area contributed by atoms with Crippen LogP contribution in [0, 0.1) is 11.3 Å². The van der Waals surface area contributed by atoms with E-state index in [9.17, 15) is 0 Å². The van der Waals surface area contributed by atoms with Crippen LogP contribution in [0.15, 0.2) is 0 Å². The molecule has 0 bridgehead atoms. The number of rotatable bonds is 4. The molecule has 1 aliphatic rings. The van der Waals surface area contributed by atoms with Crippen LogP contribution >= 0.6 is 0 Å². The van der Waals surface area contributed by atoms with Crippen molar-refractivity contribution in [3.63, 3.8) is 0 Å². The van der Waals surface area contributed by atoms with Gasteiger partial charge >= 0.3 is 0 Å². The molecule has 0 nitrogen and oxygen atoms in total. The predicted octanol–water partition coefficient (Wildman–Crippen LogP) is 4.93. The topological polar surface area (TPSA) is 0 Å². The van der Waals surface area contributed by atoms with E-state index in [0.717, 1.165) is 5.92 Å². The molecule has 1 fully saturated rings. The zero-order valence-electron chi connectivity index (χ0n) is 11.8. The monoisotopic (exact) mass is 207 g/mol. The van der Waals surface area contributed by atoms with Crippen LogP contribution in [-0.2, 0) is 0 Å². The van der Waals surface area contributed by atoms with E-state index in [-0.39, 0.29) is 0 Å².